The Morgan fingerprint density at radius 3 is 2.82 bits per heavy atom. The summed E-state index contributed by atoms with van der Waals surface area (Å²) >= 11 is 1.56. The van der Waals surface area contributed by atoms with E-state index < -0.39 is 12.1 Å². The monoisotopic (exact) mass is 487 g/mol. The number of carbonyl (C=O) groups excluding carboxylic acids is 2. The van der Waals surface area contributed by atoms with E-state index >= 15 is 0 Å². The minimum absolute atomic E-state index is 0.169. The standard InChI is InChI=1S/C27H37NO5S/c1-20-11-9-14-27(31)33-24(17-21(2)10-5-4-8-15-29)18-25-28-23(19-34-25)12-6-7-13-26(30)32-22(3)16-20/h5,9-11,14,17,19,22,24,29H,4,6-8,12-13,15-16,18H2,1-3H3/b10-5+,14-9-,20-11+,21-17+/t22-,24+/m0/s1. The van der Waals surface area contributed by atoms with Crippen LogP contribution < -0.4 is 0 Å². The Morgan fingerprint density at radius 2 is 2.03 bits per heavy atom. The summed E-state index contributed by atoms with van der Waals surface area (Å²) in [4.78, 5) is 29.3. The minimum atomic E-state index is -0.433. The number of hydrogen-bond acceptors (Lipinski definition) is 7. The van der Waals surface area contributed by atoms with Crippen LogP contribution >= 0.6 is 11.3 Å². The number of aryl methyl sites for hydroxylation is 1. The summed E-state index contributed by atoms with van der Waals surface area (Å²) < 4.78 is 11.2. The zero-order valence-electron chi connectivity index (χ0n) is 20.5. The predicted molar refractivity (Wildman–Crippen MR) is 136 cm³/mol. The maximum absolute atomic E-state index is 12.5. The van der Waals surface area contributed by atoms with Crippen molar-refractivity contribution in [3.8, 4) is 0 Å². The number of cyclic esters (lactones) is 2. The molecule has 1 aromatic heterocycles. The van der Waals surface area contributed by atoms with Crippen molar-refractivity contribution in [1.29, 1.82) is 0 Å². The van der Waals surface area contributed by atoms with Gasteiger partial charge in [0.25, 0.3) is 0 Å². The largest absolute Gasteiger partial charge is 0.462 e. The molecule has 34 heavy (non-hydrogen) atoms. The lowest BCUT2D eigenvalue weighted by molar-refractivity contribution is -0.148. The molecule has 0 aromatic carbocycles. The first-order valence-electron chi connectivity index (χ1n) is 12.0. The predicted octanol–water partition coefficient (Wildman–Crippen LogP) is 5.42. The molecular formula is C27H37NO5S. The number of fused-ring (bicyclic) bond motifs is 2. The quantitative estimate of drug-likeness (QED) is 0.339. The molecule has 1 N–H and O–H groups in total. The number of hydrogen-bond donors (Lipinski definition) is 1. The molecule has 0 spiro atoms. The average molecular weight is 488 g/mol. The number of unbranched alkanes of at least 4 members (excludes halogenated alkanes) is 1. The number of aromatic nitrogens is 1. The Kier molecular flexibility index (Phi) is 12.6. The SMILES string of the molecule is CC(/C=C/CCCO)=C\[C@@H]1Cc2nc(cs2)CCCCC(=O)O[C@@H](C)C/C(C)=C/C=C\C(=O)O1. The molecule has 1 aromatic rings. The van der Waals surface area contributed by atoms with Crippen molar-refractivity contribution in [1.82, 2.24) is 4.98 Å². The zero-order valence-corrected chi connectivity index (χ0v) is 21.3. The first-order chi connectivity index (χ1) is 16.4. The lowest BCUT2D eigenvalue weighted by atomic mass is 10.1. The fourth-order valence-electron chi connectivity index (χ4n) is 3.59. The summed E-state index contributed by atoms with van der Waals surface area (Å²) in [6.07, 6.45) is 15.7. The molecule has 0 saturated carbocycles. The Hall–Kier alpha value is -2.51. The van der Waals surface area contributed by atoms with Crippen LogP contribution in [0.1, 0.15) is 70.0 Å². The highest BCUT2D eigenvalue weighted by Crippen LogP contribution is 2.18. The second-order valence-electron chi connectivity index (χ2n) is 8.67. The highest BCUT2D eigenvalue weighted by molar-refractivity contribution is 7.09. The van der Waals surface area contributed by atoms with E-state index in [1.54, 1.807) is 17.4 Å². The molecule has 1 aliphatic heterocycles. The molecule has 0 radical (unpaired) electrons. The molecule has 2 bridgehead atoms. The van der Waals surface area contributed by atoms with Crippen LogP contribution in [-0.2, 0) is 31.9 Å². The average Bonchev–Trinajstić information content (AvgIpc) is 3.20. The topological polar surface area (TPSA) is 85.7 Å². The van der Waals surface area contributed by atoms with E-state index in [1.807, 2.05) is 50.5 Å². The van der Waals surface area contributed by atoms with Crippen LogP contribution in [0.5, 0.6) is 0 Å². The van der Waals surface area contributed by atoms with Crippen LogP contribution in [0.15, 0.2) is 53.0 Å². The fourth-order valence-corrected chi connectivity index (χ4v) is 4.47. The van der Waals surface area contributed by atoms with Gasteiger partial charge in [-0.3, -0.25) is 4.79 Å². The number of nitrogens with zero attached hydrogens (tertiary/aromatic N) is 1. The molecule has 1 aliphatic rings. The molecule has 0 amide bonds. The normalized spacial score (nSPS) is 24.4. The van der Waals surface area contributed by atoms with Crippen molar-refractivity contribution in [3.05, 3.63) is 63.7 Å². The van der Waals surface area contributed by atoms with Crippen LogP contribution in [-0.4, -0.2) is 40.8 Å². The number of rotatable bonds is 5. The summed E-state index contributed by atoms with van der Waals surface area (Å²) in [7, 11) is 0. The van der Waals surface area contributed by atoms with Gasteiger partial charge < -0.3 is 14.6 Å². The minimum Gasteiger partial charge on any atom is -0.462 e. The number of esters is 2. The molecule has 0 unspecified atom stereocenters. The van der Waals surface area contributed by atoms with Gasteiger partial charge in [-0.15, -0.1) is 11.3 Å². The summed E-state index contributed by atoms with van der Waals surface area (Å²) in [5.41, 5.74) is 3.00. The Labute approximate surface area is 207 Å². The lowest BCUT2D eigenvalue weighted by Crippen LogP contribution is -2.17. The van der Waals surface area contributed by atoms with Crippen LogP contribution in [0.2, 0.25) is 0 Å². The van der Waals surface area contributed by atoms with Gasteiger partial charge in [-0.1, -0.05) is 35.5 Å². The molecule has 6 nitrogen and oxygen atoms in total. The van der Waals surface area contributed by atoms with E-state index in [0.717, 1.165) is 54.0 Å². The summed E-state index contributed by atoms with van der Waals surface area (Å²) in [5.74, 6) is -0.594. The molecule has 7 heteroatoms. The van der Waals surface area contributed by atoms with Gasteiger partial charge >= 0.3 is 11.9 Å². The van der Waals surface area contributed by atoms with Gasteiger partial charge in [0.2, 0.25) is 0 Å². The van der Waals surface area contributed by atoms with Crippen molar-refractivity contribution in [3.63, 3.8) is 0 Å². The third kappa shape index (κ3) is 11.6. The molecule has 0 fully saturated rings. The third-order valence-electron chi connectivity index (χ3n) is 5.22. The van der Waals surface area contributed by atoms with Crippen molar-refractivity contribution in [2.24, 2.45) is 0 Å². The maximum Gasteiger partial charge on any atom is 0.331 e. The number of allylic oxidation sites excluding steroid dienone is 5. The van der Waals surface area contributed by atoms with E-state index in [1.165, 1.54) is 6.08 Å². The van der Waals surface area contributed by atoms with Crippen molar-refractivity contribution in [2.75, 3.05) is 6.61 Å². The summed E-state index contributed by atoms with van der Waals surface area (Å²) in [6, 6.07) is 0. The number of ether oxygens (including phenoxy) is 2. The van der Waals surface area contributed by atoms with Crippen LogP contribution in [0, 0.1) is 0 Å². The number of carbonyl (C=O) groups is 2. The Morgan fingerprint density at radius 1 is 1.24 bits per heavy atom. The number of thiazole rings is 1. The lowest BCUT2D eigenvalue weighted by Gasteiger charge is -2.13. The summed E-state index contributed by atoms with van der Waals surface area (Å²) in [6.45, 7) is 5.96. The first kappa shape index (κ1) is 27.7. The highest BCUT2D eigenvalue weighted by atomic mass is 32.1. The van der Waals surface area contributed by atoms with Gasteiger partial charge in [-0.2, -0.15) is 0 Å². The van der Waals surface area contributed by atoms with Gasteiger partial charge in [0.15, 0.2) is 0 Å². The fraction of sp³-hybridized carbons (Fsp3) is 0.519. The van der Waals surface area contributed by atoms with E-state index in [2.05, 4.69) is 0 Å². The van der Waals surface area contributed by atoms with Crippen LogP contribution in [0.4, 0.5) is 0 Å². The highest BCUT2D eigenvalue weighted by Gasteiger charge is 2.15. The Balaban J connectivity index is 2.18. The Bertz CT molecular complexity index is 912. The molecule has 0 saturated heterocycles. The molecule has 0 aliphatic carbocycles. The van der Waals surface area contributed by atoms with Gasteiger partial charge in [-0.25, -0.2) is 9.78 Å². The second-order valence-corrected chi connectivity index (χ2v) is 9.62. The van der Waals surface area contributed by atoms with Gasteiger partial charge in [-0.05, 0) is 59.0 Å². The number of aliphatic hydroxyl groups excluding tert-OH is 1. The van der Waals surface area contributed by atoms with E-state index in [9.17, 15) is 9.59 Å². The second kappa shape index (κ2) is 15.4. The summed E-state index contributed by atoms with van der Waals surface area (Å²) in [5, 5.41) is 11.9. The van der Waals surface area contributed by atoms with Crippen LogP contribution in [0.3, 0.4) is 0 Å². The van der Waals surface area contributed by atoms with E-state index in [0.29, 0.717) is 19.3 Å². The van der Waals surface area contributed by atoms with Gasteiger partial charge in [0.1, 0.15) is 12.2 Å². The smallest absolute Gasteiger partial charge is 0.331 e. The molecule has 186 valence electrons. The van der Waals surface area contributed by atoms with Gasteiger partial charge in [0, 0.05) is 37.3 Å². The molecular weight excluding hydrogens is 450 g/mol. The third-order valence-corrected chi connectivity index (χ3v) is 6.14. The van der Waals surface area contributed by atoms with Crippen molar-refractivity contribution < 1.29 is 24.2 Å². The van der Waals surface area contributed by atoms with E-state index in [4.69, 9.17) is 19.6 Å². The van der Waals surface area contributed by atoms with Gasteiger partial charge in [0.05, 0.1) is 10.7 Å². The van der Waals surface area contributed by atoms with Crippen LogP contribution in [0.25, 0.3) is 0 Å². The maximum atomic E-state index is 12.5. The molecule has 2 atom stereocenters. The zero-order chi connectivity index (χ0) is 24.8. The van der Waals surface area contributed by atoms with Crippen molar-refractivity contribution in [2.45, 2.75) is 84.3 Å². The molecule has 2 rings (SSSR count). The first-order valence-corrected chi connectivity index (χ1v) is 12.9. The number of aliphatic hydroxyl groups is 1. The molecule has 2 heterocycles. The van der Waals surface area contributed by atoms with Crippen molar-refractivity contribution >= 4 is 23.3 Å². The van der Waals surface area contributed by atoms with E-state index in [-0.39, 0.29) is 18.7 Å².